The molecule has 0 unspecified atom stereocenters. The van der Waals surface area contributed by atoms with Gasteiger partial charge in [0.15, 0.2) is 0 Å². The third-order valence-electron chi connectivity index (χ3n) is 7.72. The molecule has 1 saturated carbocycles. The van der Waals surface area contributed by atoms with E-state index in [0.29, 0.717) is 29.8 Å². The van der Waals surface area contributed by atoms with E-state index in [1.807, 2.05) is 19.9 Å². The first kappa shape index (κ1) is 22.0. The van der Waals surface area contributed by atoms with Gasteiger partial charge in [0.05, 0.1) is 29.5 Å². The van der Waals surface area contributed by atoms with Crippen LogP contribution in [0.5, 0.6) is 5.75 Å². The summed E-state index contributed by atoms with van der Waals surface area (Å²) >= 11 is 6.80. The molecule has 3 aliphatic rings. The first-order valence-electron chi connectivity index (χ1n) is 12.7. The first-order valence-corrected chi connectivity index (χ1v) is 13.1. The largest absolute Gasteiger partial charge is 0.492 e. The number of aryl methyl sites for hydroxylation is 2. The maximum atomic E-state index is 13.4. The van der Waals surface area contributed by atoms with Gasteiger partial charge in [0, 0.05) is 22.7 Å². The molecule has 0 N–H and O–H groups in total. The molecule has 0 spiro atoms. The highest BCUT2D eigenvalue weighted by atomic mass is 35.5. The molecule has 0 radical (unpaired) electrons. The average molecular weight is 479 g/mol. The van der Waals surface area contributed by atoms with Crippen LogP contribution in [0.15, 0.2) is 6.07 Å². The number of hydrogen-bond acceptors (Lipinski definition) is 4. The van der Waals surface area contributed by atoms with Crippen LogP contribution in [-0.4, -0.2) is 28.7 Å². The van der Waals surface area contributed by atoms with Crippen molar-refractivity contribution in [2.24, 2.45) is 0 Å². The van der Waals surface area contributed by atoms with Gasteiger partial charge >= 0.3 is 5.97 Å². The van der Waals surface area contributed by atoms with E-state index in [4.69, 9.17) is 26.1 Å². The third kappa shape index (κ3) is 3.27. The number of carbonyl (C=O) groups is 1. The number of halogens is 1. The number of aromatic nitrogens is 2. The topological polar surface area (TPSA) is 53.3 Å². The van der Waals surface area contributed by atoms with E-state index < -0.39 is 0 Å². The molecule has 3 heterocycles. The minimum absolute atomic E-state index is 0.308. The SMILES string of the molecule is CCOC(=O)c1c(C)nc2c(c3c(n2C2CC2)CCCC3)c1-c1cc(Cl)c2c(c1C)CCCO2. The Labute approximate surface area is 205 Å². The van der Waals surface area contributed by atoms with Crippen LogP contribution in [0.3, 0.4) is 0 Å². The summed E-state index contributed by atoms with van der Waals surface area (Å²) < 4.78 is 14.0. The molecule has 2 aliphatic carbocycles. The van der Waals surface area contributed by atoms with Crippen molar-refractivity contribution in [2.75, 3.05) is 13.2 Å². The molecule has 5 nitrogen and oxygen atoms in total. The number of rotatable bonds is 4. The number of fused-ring (bicyclic) bond motifs is 4. The third-order valence-corrected chi connectivity index (χ3v) is 8.00. The van der Waals surface area contributed by atoms with Gasteiger partial charge in [-0.2, -0.15) is 0 Å². The van der Waals surface area contributed by atoms with Crippen LogP contribution >= 0.6 is 11.6 Å². The molecule has 2 aromatic heterocycles. The lowest BCUT2D eigenvalue weighted by Crippen LogP contribution is -2.14. The van der Waals surface area contributed by atoms with E-state index in [-0.39, 0.29) is 5.97 Å². The van der Waals surface area contributed by atoms with Gasteiger partial charge in [-0.05, 0) is 100 Å². The minimum Gasteiger partial charge on any atom is -0.492 e. The van der Waals surface area contributed by atoms with Crippen molar-refractivity contribution in [3.63, 3.8) is 0 Å². The number of hydrogen-bond donors (Lipinski definition) is 0. The summed E-state index contributed by atoms with van der Waals surface area (Å²) in [5, 5.41) is 1.74. The Morgan fingerprint density at radius 2 is 1.94 bits per heavy atom. The highest BCUT2D eigenvalue weighted by Crippen LogP contribution is 2.49. The molecule has 178 valence electrons. The summed E-state index contributed by atoms with van der Waals surface area (Å²) in [5.41, 5.74) is 9.36. The van der Waals surface area contributed by atoms with E-state index in [1.165, 1.54) is 30.5 Å². The number of pyridine rings is 1. The lowest BCUT2D eigenvalue weighted by molar-refractivity contribution is 0.0526. The molecule has 1 fully saturated rings. The molecule has 0 bridgehead atoms. The average Bonchev–Trinajstić information content (AvgIpc) is 3.62. The number of nitrogens with zero attached hydrogens (tertiary/aromatic N) is 2. The fraction of sp³-hybridized carbons (Fsp3) is 0.500. The van der Waals surface area contributed by atoms with Crippen molar-refractivity contribution in [3.8, 4) is 16.9 Å². The van der Waals surface area contributed by atoms with Crippen LogP contribution < -0.4 is 4.74 Å². The Bertz CT molecular complexity index is 1340. The van der Waals surface area contributed by atoms with Gasteiger partial charge in [-0.3, -0.25) is 0 Å². The van der Waals surface area contributed by atoms with Gasteiger partial charge in [0.2, 0.25) is 0 Å². The second kappa shape index (κ2) is 8.30. The van der Waals surface area contributed by atoms with E-state index in [0.717, 1.165) is 76.8 Å². The molecule has 6 heteroatoms. The number of carbonyl (C=O) groups excluding carboxylic acids is 1. The van der Waals surface area contributed by atoms with Crippen LogP contribution in [0.2, 0.25) is 5.02 Å². The predicted octanol–water partition coefficient (Wildman–Crippen LogP) is 6.69. The zero-order chi connectivity index (χ0) is 23.6. The Morgan fingerprint density at radius 3 is 2.71 bits per heavy atom. The Hall–Kier alpha value is -2.53. The normalized spacial score (nSPS) is 17.3. The van der Waals surface area contributed by atoms with Crippen molar-refractivity contribution in [1.29, 1.82) is 0 Å². The molecule has 34 heavy (non-hydrogen) atoms. The summed E-state index contributed by atoms with van der Waals surface area (Å²) in [6.45, 7) is 6.95. The van der Waals surface area contributed by atoms with Crippen molar-refractivity contribution in [3.05, 3.63) is 44.7 Å². The smallest absolute Gasteiger partial charge is 0.340 e. The molecule has 0 amide bonds. The van der Waals surface area contributed by atoms with Gasteiger partial charge in [0.1, 0.15) is 11.4 Å². The molecule has 0 atom stereocenters. The van der Waals surface area contributed by atoms with Crippen molar-refractivity contribution >= 4 is 28.6 Å². The first-order chi connectivity index (χ1) is 16.5. The van der Waals surface area contributed by atoms with E-state index in [2.05, 4.69) is 11.5 Å². The summed E-state index contributed by atoms with van der Waals surface area (Å²) in [5.74, 6) is 0.490. The van der Waals surface area contributed by atoms with E-state index in [9.17, 15) is 4.79 Å². The quantitative estimate of drug-likeness (QED) is 0.392. The number of ether oxygens (including phenoxy) is 2. The Balaban J connectivity index is 1.75. The molecule has 1 aliphatic heterocycles. The van der Waals surface area contributed by atoms with Crippen LogP contribution in [-0.2, 0) is 24.0 Å². The lowest BCUT2D eigenvalue weighted by Gasteiger charge is -2.24. The maximum Gasteiger partial charge on any atom is 0.340 e. The second-order valence-corrected chi connectivity index (χ2v) is 10.3. The summed E-state index contributed by atoms with van der Waals surface area (Å²) in [7, 11) is 0. The molecular formula is C28H31ClN2O3. The van der Waals surface area contributed by atoms with Crippen molar-refractivity contribution < 1.29 is 14.3 Å². The summed E-state index contributed by atoms with van der Waals surface area (Å²) in [4.78, 5) is 18.5. The zero-order valence-corrected chi connectivity index (χ0v) is 21.0. The highest BCUT2D eigenvalue weighted by Gasteiger charge is 2.35. The number of esters is 1. The Kier molecular flexibility index (Phi) is 5.36. The van der Waals surface area contributed by atoms with E-state index >= 15 is 0 Å². The van der Waals surface area contributed by atoms with Crippen LogP contribution in [0.4, 0.5) is 0 Å². The summed E-state index contributed by atoms with van der Waals surface area (Å²) in [6.07, 6.45) is 8.76. The fourth-order valence-corrected chi connectivity index (χ4v) is 6.34. The van der Waals surface area contributed by atoms with Crippen molar-refractivity contribution in [2.45, 2.75) is 78.2 Å². The van der Waals surface area contributed by atoms with Gasteiger partial charge in [-0.25, -0.2) is 9.78 Å². The molecule has 6 rings (SSSR count). The zero-order valence-electron chi connectivity index (χ0n) is 20.2. The summed E-state index contributed by atoms with van der Waals surface area (Å²) in [6, 6.07) is 2.53. The van der Waals surface area contributed by atoms with Crippen LogP contribution in [0.25, 0.3) is 22.2 Å². The highest BCUT2D eigenvalue weighted by molar-refractivity contribution is 6.32. The van der Waals surface area contributed by atoms with Crippen LogP contribution in [0, 0.1) is 13.8 Å². The van der Waals surface area contributed by atoms with Gasteiger partial charge < -0.3 is 14.0 Å². The fourth-order valence-electron chi connectivity index (χ4n) is 6.07. The predicted molar refractivity (Wildman–Crippen MR) is 134 cm³/mol. The van der Waals surface area contributed by atoms with E-state index in [1.54, 1.807) is 0 Å². The molecule has 3 aromatic rings. The monoisotopic (exact) mass is 478 g/mol. The minimum atomic E-state index is -0.308. The second-order valence-electron chi connectivity index (χ2n) is 9.89. The van der Waals surface area contributed by atoms with Gasteiger partial charge in [0.25, 0.3) is 0 Å². The molecular weight excluding hydrogens is 448 g/mol. The van der Waals surface area contributed by atoms with Crippen LogP contribution in [0.1, 0.15) is 83.5 Å². The maximum absolute atomic E-state index is 13.4. The van der Waals surface area contributed by atoms with Crippen molar-refractivity contribution in [1.82, 2.24) is 9.55 Å². The molecule has 1 aromatic carbocycles. The van der Waals surface area contributed by atoms with Gasteiger partial charge in [-0.15, -0.1) is 0 Å². The van der Waals surface area contributed by atoms with Gasteiger partial charge in [-0.1, -0.05) is 11.6 Å². The Morgan fingerprint density at radius 1 is 1.18 bits per heavy atom. The molecule has 0 saturated heterocycles. The number of benzene rings is 1. The lowest BCUT2D eigenvalue weighted by atomic mass is 9.86. The standard InChI is InChI=1S/C28H31ClN2O3/c1-4-33-28(32)23-16(3)30-27-25(19-8-5-6-10-22(19)31(27)17-11-12-17)24(23)20-14-21(29)26-18(15(20)2)9-7-13-34-26/h14,17H,4-13H2,1-3H3.